The summed E-state index contributed by atoms with van der Waals surface area (Å²) >= 11 is 1.51. The van der Waals surface area contributed by atoms with Gasteiger partial charge in [-0.2, -0.15) is 0 Å². The Balaban J connectivity index is 1.46. The first-order chi connectivity index (χ1) is 12.6. The molecule has 1 N–H and O–H groups in total. The molecule has 0 spiro atoms. The maximum atomic E-state index is 12.1. The van der Waals surface area contributed by atoms with E-state index in [1.54, 1.807) is 0 Å². The molecule has 0 aliphatic rings. The molecule has 0 saturated carbocycles. The monoisotopic (exact) mass is 366 g/mol. The van der Waals surface area contributed by atoms with E-state index in [2.05, 4.69) is 28.5 Å². The Morgan fingerprint density at radius 2 is 1.85 bits per heavy atom. The van der Waals surface area contributed by atoms with Crippen molar-refractivity contribution < 1.29 is 9.53 Å². The van der Waals surface area contributed by atoms with Crippen LogP contribution in [0.3, 0.4) is 0 Å². The molecule has 0 unspecified atom stereocenters. The fourth-order valence-electron chi connectivity index (χ4n) is 2.70. The topological polar surface area (TPSA) is 51.2 Å². The predicted molar refractivity (Wildman–Crippen MR) is 106 cm³/mol. The van der Waals surface area contributed by atoms with E-state index in [1.165, 1.54) is 16.9 Å². The van der Waals surface area contributed by atoms with E-state index in [9.17, 15) is 4.79 Å². The lowest BCUT2D eigenvalue weighted by molar-refractivity contribution is -0.116. The molecule has 2 aromatic carbocycles. The highest BCUT2D eigenvalue weighted by molar-refractivity contribution is 7.15. The number of aryl methyl sites for hydroxylation is 2. The second-order valence-electron chi connectivity index (χ2n) is 6.26. The van der Waals surface area contributed by atoms with Crippen molar-refractivity contribution in [2.24, 2.45) is 0 Å². The van der Waals surface area contributed by atoms with Crippen molar-refractivity contribution in [3.63, 3.8) is 0 Å². The van der Waals surface area contributed by atoms with E-state index in [-0.39, 0.29) is 5.91 Å². The van der Waals surface area contributed by atoms with Crippen molar-refractivity contribution in [2.45, 2.75) is 26.7 Å². The molecule has 1 heterocycles. The van der Waals surface area contributed by atoms with Gasteiger partial charge in [0.15, 0.2) is 5.13 Å². The molecule has 3 aromatic rings. The van der Waals surface area contributed by atoms with Crippen LogP contribution >= 0.6 is 11.3 Å². The number of carbonyl (C=O) groups excluding carboxylic acids is 1. The molecular formula is C21H22N2O2S. The number of rotatable bonds is 7. The number of thiazole rings is 1. The first-order valence-electron chi connectivity index (χ1n) is 8.58. The van der Waals surface area contributed by atoms with Gasteiger partial charge < -0.3 is 10.1 Å². The summed E-state index contributed by atoms with van der Waals surface area (Å²) in [5, 5.41) is 3.48. The Kier molecular flexibility index (Phi) is 6.02. The molecular weight excluding hydrogens is 344 g/mol. The zero-order valence-electron chi connectivity index (χ0n) is 15.0. The number of ether oxygens (including phenoxy) is 1. The second kappa shape index (κ2) is 8.63. The van der Waals surface area contributed by atoms with Crippen LogP contribution < -0.4 is 10.1 Å². The van der Waals surface area contributed by atoms with Gasteiger partial charge in [0.2, 0.25) is 5.91 Å². The summed E-state index contributed by atoms with van der Waals surface area (Å²) in [6.07, 6.45) is 2.93. The highest BCUT2D eigenvalue weighted by atomic mass is 32.1. The predicted octanol–water partition coefficient (Wildman–Crippen LogP) is 4.76. The summed E-state index contributed by atoms with van der Waals surface area (Å²) in [5.41, 5.74) is 3.53. The Hall–Kier alpha value is -2.66. The quantitative estimate of drug-likeness (QED) is 0.656. The van der Waals surface area contributed by atoms with E-state index in [4.69, 9.17) is 4.74 Å². The molecule has 1 aromatic heterocycles. The number of aromatic nitrogens is 1. The van der Waals surface area contributed by atoms with Crippen molar-refractivity contribution in [1.29, 1.82) is 0 Å². The van der Waals surface area contributed by atoms with Gasteiger partial charge in [0, 0.05) is 17.5 Å². The van der Waals surface area contributed by atoms with E-state index >= 15 is 0 Å². The van der Waals surface area contributed by atoms with Crippen LogP contribution in [0.4, 0.5) is 5.13 Å². The molecule has 0 aliphatic carbocycles. The van der Waals surface area contributed by atoms with Gasteiger partial charge in [-0.1, -0.05) is 36.4 Å². The molecule has 0 bridgehead atoms. The third-order valence-corrected chi connectivity index (χ3v) is 4.73. The lowest BCUT2D eigenvalue weighted by Gasteiger charge is -2.08. The average molecular weight is 366 g/mol. The molecule has 5 heteroatoms. The smallest absolute Gasteiger partial charge is 0.229 e. The summed E-state index contributed by atoms with van der Waals surface area (Å²) in [7, 11) is 0. The van der Waals surface area contributed by atoms with E-state index in [0.717, 1.165) is 28.2 Å². The van der Waals surface area contributed by atoms with Gasteiger partial charge in [-0.25, -0.2) is 4.98 Å². The number of carbonyl (C=O) groups is 1. The van der Waals surface area contributed by atoms with Crippen LogP contribution in [-0.2, 0) is 11.2 Å². The minimum atomic E-state index is -0.0880. The normalized spacial score (nSPS) is 10.5. The summed E-state index contributed by atoms with van der Waals surface area (Å²) in [6, 6.07) is 16.3. The maximum absolute atomic E-state index is 12.1. The summed E-state index contributed by atoms with van der Waals surface area (Å²) in [5.74, 6) is 0.713. The minimum absolute atomic E-state index is 0.0880. The maximum Gasteiger partial charge on any atom is 0.229 e. The molecule has 0 aliphatic heterocycles. The van der Waals surface area contributed by atoms with Gasteiger partial charge in [-0.3, -0.25) is 4.79 Å². The van der Waals surface area contributed by atoms with Gasteiger partial charge in [-0.15, -0.1) is 11.3 Å². The molecule has 3 rings (SSSR count). The number of amides is 1. The third-order valence-electron chi connectivity index (χ3n) is 3.81. The number of hydrogen-bond acceptors (Lipinski definition) is 4. The zero-order valence-corrected chi connectivity index (χ0v) is 15.8. The van der Waals surface area contributed by atoms with Crippen LogP contribution in [0.5, 0.6) is 5.75 Å². The fraction of sp³-hybridized carbons (Fsp3) is 0.238. The minimum Gasteiger partial charge on any atom is -0.493 e. The van der Waals surface area contributed by atoms with Crippen molar-refractivity contribution >= 4 is 22.4 Å². The summed E-state index contributed by atoms with van der Waals surface area (Å²) in [4.78, 5) is 17.5. The molecule has 4 nitrogen and oxygen atoms in total. The second-order valence-corrected chi connectivity index (χ2v) is 7.38. The van der Waals surface area contributed by atoms with Gasteiger partial charge in [0.1, 0.15) is 5.75 Å². The Labute approximate surface area is 157 Å². The number of benzene rings is 2. The molecule has 0 radical (unpaired) electrons. The number of nitrogens with zero attached hydrogens (tertiary/aromatic N) is 1. The lowest BCUT2D eigenvalue weighted by atomic mass is 10.1. The van der Waals surface area contributed by atoms with E-state index in [0.29, 0.717) is 18.2 Å². The molecule has 26 heavy (non-hydrogen) atoms. The standard InChI is InChI=1S/C21H22N2O2S/c1-15-10-16(2)12-18(11-15)25-9-8-20(24)23-21-22-14-19(26-21)13-17-6-4-3-5-7-17/h3-7,10-12,14H,8-9,13H2,1-2H3,(H,22,23,24). The van der Waals surface area contributed by atoms with E-state index in [1.807, 2.05) is 50.4 Å². The van der Waals surface area contributed by atoms with Gasteiger partial charge in [0.25, 0.3) is 0 Å². The molecule has 134 valence electrons. The number of hydrogen-bond donors (Lipinski definition) is 1. The van der Waals surface area contributed by atoms with Gasteiger partial charge in [-0.05, 0) is 42.7 Å². The van der Waals surface area contributed by atoms with Crippen LogP contribution in [0.1, 0.15) is 28.0 Å². The molecule has 0 saturated heterocycles. The molecule has 0 fully saturated rings. The SMILES string of the molecule is Cc1cc(C)cc(OCCC(=O)Nc2ncc(Cc3ccccc3)s2)c1. The van der Waals surface area contributed by atoms with Gasteiger partial charge >= 0.3 is 0 Å². The zero-order chi connectivity index (χ0) is 18.4. The first kappa shape index (κ1) is 18.1. The number of nitrogens with one attached hydrogen (secondary N) is 1. The van der Waals surface area contributed by atoms with Crippen LogP contribution in [0.2, 0.25) is 0 Å². The lowest BCUT2D eigenvalue weighted by Crippen LogP contribution is -2.15. The van der Waals surface area contributed by atoms with E-state index < -0.39 is 0 Å². The summed E-state index contributed by atoms with van der Waals surface area (Å²) < 4.78 is 5.68. The van der Waals surface area contributed by atoms with Crippen LogP contribution in [-0.4, -0.2) is 17.5 Å². The molecule has 1 amide bonds. The highest BCUT2D eigenvalue weighted by Gasteiger charge is 2.08. The van der Waals surface area contributed by atoms with Crippen molar-refractivity contribution in [1.82, 2.24) is 4.98 Å². The van der Waals surface area contributed by atoms with Gasteiger partial charge in [0.05, 0.1) is 13.0 Å². The summed E-state index contributed by atoms with van der Waals surface area (Å²) in [6.45, 7) is 4.40. The van der Waals surface area contributed by atoms with Crippen LogP contribution in [0, 0.1) is 13.8 Å². The van der Waals surface area contributed by atoms with Crippen LogP contribution in [0.15, 0.2) is 54.7 Å². The fourth-order valence-corrected chi connectivity index (χ4v) is 3.57. The van der Waals surface area contributed by atoms with Crippen molar-refractivity contribution in [3.05, 3.63) is 76.3 Å². The molecule has 0 atom stereocenters. The Morgan fingerprint density at radius 1 is 1.12 bits per heavy atom. The Bertz CT molecular complexity index is 854. The van der Waals surface area contributed by atoms with Crippen molar-refractivity contribution in [3.8, 4) is 5.75 Å². The third kappa shape index (κ3) is 5.43. The Morgan fingerprint density at radius 3 is 2.58 bits per heavy atom. The average Bonchev–Trinajstić information content (AvgIpc) is 3.01. The van der Waals surface area contributed by atoms with Crippen molar-refractivity contribution in [2.75, 3.05) is 11.9 Å². The highest BCUT2D eigenvalue weighted by Crippen LogP contribution is 2.21. The number of anilines is 1. The largest absolute Gasteiger partial charge is 0.493 e. The van der Waals surface area contributed by atoms with Crippen LogP contribution in [0.25, 0.3) is 0 Å². The first-order valence-corrected chi connectivity index (χ1v) is 9.40.